The van der Waals surface area contributed by atoms with Gasteiger partial charge in [-0.15, -0.1) is 5.10 Å². The zero-order chi connectivity index (χ0) is 14.7. The van der Waals surface area contributed by atoms with E-state index in [9.17, 15) is 9.90 Å². The molecule has 0 aliphatic rings. The standard InChI is InChI=1S/C14H19N3O2S/c1-4-12(18)10-5-7-11(8-6-10)20-14-16-15-13(19)17(14)9(2)3/h5-9,12,18H,4H2,1-3H3,(H,15,19). The van der Waals surface area contributed by atoms with Crippen LogP contribution in [-0.4, -0.2) is 19.9 Å². The Balaban J connectivity index is 2.21. The lowest BCUT2D eigenvalue weighted by Gasteiger charge is -2.10. The average Bonchev–Trinajstić information content (AvgIpc) is 2.79. The van der Waals surface area contributed by atoms with Gasteiger partial charge in [-0.25, -0.2) is 9.89 Å². The molecule has 0 fully saturated rings. The van der Waals surface area contributed by atoms with Crippen LogP contribution in [0.3, 0.4) is 0 Å². The van der Waals surface area contributed by atoms with Gasteiger partial charge >= 0.3 is 5.69 Å². The molecule has 0 spiro atoms. The van der Waals surface area contributed by atoms with E-state index in [4.69, 9.17) is 0 Å². The van der Waals surface area contributed by atoms with Crippen LogP contribution in [0.25, 0.3) is 0 Å². The fourth-order valence-electron chi connectivity index (χ4n) is 1.92. The maximum atomic E-state index is 11.7. The Morgan fingerprint density at radius 3 is 2.55 bits per heavy atom. The van der Waals surface area contributed by atoms with E-state index in [1.165, 1.54) is 11.8 Å². The molecule has 0 saturated heterocycles. The van der Waals surface area contributed by atoms with Gasteiger partial charge in [-0.2, -0.15) is 0 Å². The van der Waals surface area contributed by atoms with Gasteiger partial charge in [-0.1, -0.05) is 19.1 Å². The van der Waals surface area contributed by atoms with E-state index in [0.717, 1.165) is 10.5 Å². The van der Waals surface area contributed by atoms with E-state index in [0.29, 0.717) is 11.6 Å². The summed E-state index contributed by atoms with van der Waals surface area (Å²) < 4.78 is 1.62. The molecule has 108 valence electrons. The van der Waals surface area contributed by atoms with Crippen molar-refractivity contribution in [2.24, 2.45) is 0 Å². The molecule has 1 atom stereocenters. The van der Waals surface area contributed by atoms with Crippen molar-refractivity contribution in [3.05, 3.63) is 40.3 Å². The summed E-state index contributed by atoms with van der Waals surface area (Å²) in [4.78, 5) is 12.6. The third kappa shape index (κ3) is 3.13. The maximum Gasteiger partial charge on any atom is 0.344 e. The van der Waals surface area contributed by atoms with Gasteiger partial charge in [0, 0.05) is 10.9 Å². The number of H-pyrrole nitrogens is 1. The van der Waals surface area contributed by atoms with Crippen molar-refractivity contribution in [3.63, 3.8) is 0 Å². The van der Waals surface area contributed by atoms with Crippen molar-refractivity contribution in [3.8, 4) is 0 Å². The molecule has 1 aromatic heterocycles. The minimum atomic E-state index is -0.423. The fraction of sp³-hybridized carbons (Fsp3) is 0.429. The van der Waals surface area contributed by atoms with Gasteiger partial charge in [-0.05, 0) is 49.7 Å². The van der Waals surface area contributed by atoms with Crippen molar-refractivity contribution in [1.82, 2.24) is 14.8 Å². The smallest absolute Gasteiger partial charge is 0.344 e. The SMILES string of the molecule is CCC(O)c1ccc(Sc2n[nH]c(=O)n2C(C)C)cc1. The topological polar surface area (TPSA) is 70.9 Å². The summed E-state index contributed by atoms with van der Waals surface area (Å²) in [7, 11) is 0. The maximum absolute atomic E-state index is 11.7. The van der Waals surface area contributed by atoms with E-state index in [2.05, 4.69) is 10.2 Å². The van der Waals surface area contributed by atoms with Gasteiger partial charge in [0.05, 0.1) is 6.10 Å². The highest BCUT2D eigenvalue weighted by Crippen LogP contribution is 2.28. The molecule has 2 N–H and O–H groups in total. The van der Waals surface area contributed by atoms with E-state index in [-0.39, 0.29) is 11.7 Å². The van der Waals surface area contributed by atoms with Gasteiger partial charge in [0.2, 0.25) is 0 Å². The molecule has 2 aromatic rings. The van der Waals surface area contributed by atoms with Gasteiger partial charge in [0.25, 0.3) is 0 Å². The number of rotatable bonds is 5. The summed E-state index contributed by atoms with van der Waals surface area (Å²) in [5, 5.41) is 16.9. The predicted molar refractivity (Wildman–Crippen MR) is 79.0 cm³/mol. The molecule has 5 nitrogen and oxygen atoms in total. The van der Waals surface area contributed by atoms with Gasteiger partial charge in [-0.3, -0.25) is 4.57 Å². The molecule has 0 aliphatic heterocycles. The fourth-order valence-corrected chi connectivity index (χ4v) is 2.88. The molecule has 0 bridgehead atoms. The number of benzene rings is 1. The van der Waals surface area contributed by atoms with E-state index < -0.39 is 6.10 Å². The first kappa shape index (κ1) is 14.9. The lowest BCUT2D eigenvalue weighted by atomic mass is 10.1. The minimum Gasteiger partial charge on any atom is -0.388 e. The Bertz CT molecular complexity index is 616. The Hall–Kier alpha value is -1.53. The van der Waals surface area contributed by atoms with Crippen molar-refractivity contribution in [2.45, 2.75) is 49.4 Å². The summed E-state index contributed by atoms with van der Waals surface area (Å²) in [6.07, 6.45) is 0.270. The van der Waals surface area contributed by atoms with E-state index >= 15 is 0 Å². The third-order valence-electron chi connectivity index (χ3n) is 3.05. The van der Waals surface area contributed by atoms with Crippen LogP contribution in [-0.2, 0) is 0 Å². The van der Waals surface area contributed by atoms with Crippen molar-refractivity contribution in [1.29, 1.82) is 0 Å². The quantitative estimate of drug-likeness (QED) is 0.889. The summed E-state index contributed by atoms with van der Waals surface area (Å²) in [6, 6.07) is 7.73. The van der Waals surface area contributed by atoms with Crippen LogP contribution < -0.4 is 5.69 Å². The van der Waals surface area contributed by atoms with Crippen LogP contribution in [0.4, 0.5) is 0 Å². The highest BCUT2D eigenvalue weighted by molar-refractivity contribution is 7.99. The first-order valence-electron chi connectivity index (χ1n) is 6.65. The van der Waals surface area contributed by atoms with Crippen molar-refractivity contribution < 1.29 is 5.11 Å². The highest BCUT2D eigenvalue weighted by Gasteiger charge is 2.13. The van der Waals surface area contributed by atoms with Crippen LogP contribution in [0.15, 0.2) is 39.1 Å². The largest absolute Gasteiger partial charge is 0.388 e. The van der Waals surface area contributed by atoms with Gasteiger partial charge in [0.1, 0.15) is 0 Å². The van der Waals surface area contributed by atoms with Gasteiger partial charge in [0.15, 0.2) is 5.16 Å². The number of aliphatic hydroxyl groups is 1. The zero-order valence-corrected chi connectivity index (χ0v) is 12.6. The third-order valence-corrected chi connectivity index (χ3v) is 4.03. The van der Waals surface area contributed by atoms with Crippen molar-refractivity contribution >= 4 is 11.8 Å². The minimum absolute atomic E-state index is 0.0601. The normalized spacial score (nSPS) is 12.8. The molecule has 0 radical (unpaired) electrons. The molecule has 1 unspecified atom stereocenters. The number of hydrogen-bond donors (Lipinski definition) is 2. The number of aromatic amines is 1. The summed E-state index contributed by atoms with van der Waals surface area (Å²) in [5.41, 5.74) is 0.709. The van der Waals surface area contributed by atoms with Crippen LogP contribution >= 0.6 is 11.8 Å². The average molecular weight is 293 g/mol. The number of nitrogens with zero attached hydrogens (tertiary/aromatic N) is 2. The Kier molecular flexibility index (Phi) is 4.67. The first-order chi connectivity index (χ1) is 9.52. The van der Waals surface area contributed by atoms with Gasteiger partial charge < -0.3 is 5.11 Å². The molecule has 0 aliphatic carbocycles. The summed E-state index contributed by atoms with van der Waals surface area (Å²) in [5.74, 6) is 0. The number of hydrogen-bond acceptors (Lipinski definition) is 4. The molecule has 0 amide bonds. The zero-order valence-electron chi connectivity index (χ0n) is 11.8. The predicted octanol–water partition coefficient (Wildman–Crippen LogP) is 2.75. The monoisotopic (exact) mass is 293 g/mol. The lowest BCUT2D eigenvalue weighted by Crippen LogP contribution is -2.19. The summed E-state index contributed by atoms with van der Waals surface area (Å²) in [6.45, 7) is 5.84. The van der Waals surface area contributed by atoms with E-state index in [1.807, 2.05) is 45.0 Å². The van der Waals surface area contributed by atoms with Crippen molar-refractivity contribution in [2.75, 3.05) is 0 Å². The molecular formula is C14H19N3O2S. The Morgan fingerprint density at radius 1 is 1.35 bits per heavy atom. The number of aliphatic hydroxyl groups excluding tert-OH is 1. The molecule has 0 saturated carbocycles. The molecule has 1 heterocycles. The number of nitrogens with one attached hydrogen (secondary N) is 1. The molecule has 2 rings (SSSR count). The molecule has 1 aromatic carbocycles. The highest BCUT2D eigenvalue weighted by atomic mass is 32.2. The van der Waals surface area contributed by atoms with Crippen LogP contribution in [0.1, 0.15) is 44.9 Å². The molecule has 6 heteroatoms. The first-order valence-corrected chi connectivity index (χ1v) is 7.47. The second kappa shape index (κ2) is 6.28. The van der Waals surface area contributed by atoms with Crippen LogP contribution in [0.5, 0.6) is 0 Å². The molecule has 20 heavy (non-hydrogen) atoms. The van der Waals surface area contributed by atoms with Crippen LogP contribution in [0, 0.1) is 0 Å². The number of aromatic nitrogens is 3. The molecular weight excluding hydrogens is 274 g/mol. The summed E-state index contributed by atoms with van der Waals surface area (Å²) >= 11 is 1.43. The van der Waals surface area contributed by atoms with E-state index in [1.54, 1.807) is 4.57 Å². The second-order valence-corrected chi connectivity index (χ2v) is 5.91. The Morgan fingerprint density at radius 2 is 2.00 bits per heavy atom. The lowest BCUT2D eigenvalue weighted by molar-refractivity contribution is 0.173. The Labute approximate surface area is 122 Å². The van der Waals surface area contributed by atoms with Crippen LogP contribution in [0.2, 0.25) is 0 Å². The second-order valence-electron chi connectivity index (χ2n) is 4.87.